The standard InChI is InChI=1S/C29H43NO2/c1-19(30(4)27(31)20-8-6-5-7-9-20)25-12-13-26-24-11-10-21-18-28(2,32)16-14-22(21)23(24)15-17-29(25,26)3/h5-9,19,21-26,32H,10-18H2,1-4H3/t19-,21-,22+,23-,24?,25-,26+,28-,29-/m1/s1. The highest BCUT2D eigenvalue weighted by Crippen LogP contribution is 2.65. The summed E-state index contributed by atoms with van der Waals surface area (Å²) in [5.74, 6) is 4.90. The third kappa shape index (κ3) is 3.63. The van der Waals surface area contributed by atoms with Crippen LogP contribution in [0.1, 0.15) is 88.9 Å². The van der Waals surface area contributed by atoms with Crippen molar-refractivity contribution in [3.63, 3.8) is 0 Å². The third-order valence-electron chi connectivity index (χ3n) is 10.8. The Morgan fingerprint density at radius 3 is 2.44 bits per heavy atom. The first-order valence-electron chi connectivity index (χ1n) is 13.3. The fourth-order valence-corrected chi connectivity index (χ4v) is 9.15. The van der Waals surface area contributed by atoms with Gasteiger partial charge in [-0.05, 0) is 125 Å². The zero-order chi connectivity index (χ0) is 22.7. The molecule has 0 bridgehead atoms. The van der Waals surface area contributed by atoms with Crippen LogP contribution in [0.3, 0.4) is 0 Å². The van der Waals surface area contributed by atoms with E-state index in [-0.39, 0.29) is 11.9 Å². The van der Waals surface area contributed by atoms with Crippen LogP contribution in [-0.2, 0) is 0 Å². The van der Waals surface area contributed by atoms with Gasteiger partial charge in [0, 0.05) is 18.7 Å². The molecule has 0 heterocycles. The van der Waals surface area contributed by atoms with Gasteiger partial charge in [-0.2, -0.15) is 0 Å². The lowest BCUT2D eigenvalue weighted by atomic mass is 9.48. The molecule has 0 aliphatic heterocycles. The second-order valence-corrected chi connectivity index (χ2v) is 12.4. The summed E-state index contributed by atoms with van der Waals surface area (Å²) in [6, 6.07) is 10.0. The van der Waals surface area contributed by atoms with Crippen molar-refractivity contribution in [3.8, 4) is 0 Å². The minimum atomic E-state index is -0.430. The lowest BCUT2D eigenvalue weighted by molar-refractivity contribution is -0.103. The highest BCUT2D eigenvalue weighted by molar-refractivity contribution is 5.94. The molecule has 0 aromatic heterocycles. The molecule has 0 saturated heterocycles. The van der Waals surface area contributed by atoms with Crippen LogP contribution in [0, 0.1) is 40.9 Å². The molecule has 32 heavy (non-hydrogen) atoms. The fourth-order valence-electron chi connectivity index (χ4n) is 9.15. The first-order valence-corrected chi connectivity index (χ1v) is 13.3. The molecule has 4 fully saturated rings. The van der Waals surface area contributed by atoms with Crippen LogP contribution in [0.25, 0.3) is 0 Å². The third-order valence-corrected chi connectivity index (χ3v) is 10.8. The number of aliphatic hydroxyl groups is 1. The number of hydrogen-bond acceptors (Lipinski definition) is 2. The Morgan fingerprint density at radius 1 is 0.969 bits per heavy atom. The van der Waals surface area contributed by atoms with E-state index >= 15 is 0 Å². The lowest BCUT2D eigenvalue weighted by Crippen LogP contribution is -2.52. The summed E-state index contributed by atoms with van der Waals surface area (Å²) in [5.41, 5.74) is 0.733. The summed E-state index contributed by atoms with van der Waals surface area (Å²) in [6.07, 6.45) is 11.2. The van der Waals surface area contributed by atoms with E-state index in [9.17, 15) is 9.90 Å². The van der Waals surface area contributed by atoms with E-state index in [1.807, 2.05) is 42.3 Å². The number of carbonyl (C=O) groups excluding carboxylic acids is 1. The van der Waals surface area contributed by atoms with Gasteiger partial charge in [0.05, 0.1) is 5.60 Å². The largest absolute Gasteiger partial charge is 0.390 e. The second kappa shape index (κ2) is 8.15. The number of hydrogen-bond donors (Lipinski definition) is 1. The minimum Gasteiger partial charge on any atom is -0.390 e. The van der Waals surface area contributed by atoms with Crippen LogP contribution in [0.15, 0.2) is 30.3 Å². The van der Waals surface area contributed by atoms with Crippen molar-refractivity contribution < 1.29 is 9.90 Å². The molecule has 3 heteroatoms. The zero-order valence-corrected chi connectivity index (χ0v) is 20.6. The average molecular weight is 438 g/mol. The number of nitrogens with zero attached hydrogens (tertiary/aromatic N) is 1. The summed E-state index contributed by atoms with van der Waals surface area (Å²) in [4.78, 5) is 15.2. The Balaban J connectivity index is 1.31. The second-order valence-electron chi connectivity index (χ2n) is 12.4. The minimum absolute atomic E-state index is 0.161. The van der Waals surface area contributed by atoms with E-state index in [0.29, 0.717) is 11.3 Å². The van der Waals surface area contributed by atoms with E-state index in [1.54, 1.807) is 0 Å². The molecule has 0 radical (unpaired) electrons. The Bertz CT molecular complexity index is 835. The number of rotatable bonds is 3. The van der Waals surface area contributed by atoms with Gasteiger partial charge in [-0.1, -0.05) is 25.1 Å². The molecule has 4 saturated carbocycles. The molecular formula is C29H43NO2. The number of carbonyl (C=O) groups is 1. The number of fused-ring (bicyclic) bond motifs is 5. The molecule has 5 rings (SSSR count). The van der Waals surface area contributed by atoms with Crippen LogP contribution in [0.4, 0.5) is 0 Å². The normalized spacial score (nSPS) is 44.2. The molecule has 1 amide bonds. The number of benzene rings is 1. The van der Waals surface area contributed by atoms with Crippen molar-refractivity contribution in [1.82, 2.24) is 4.90 Å². The SMILES string of the molecule is C[C@H]([C@H]1CC[C@H]2C3CC[C@@H]4C[C@](C)(O)CC[C@@H]4[C@H]3CC[C@]12C)N(C)C(=O)c1ccccc1. The number of amides is 1. The van der Waals surface area contributed by atoms with Gasteiger partial charge in [0.1, 0.15) is 0 Å². The summed E-state index contributed by atoms with van der Waals surface area (Å²) in [6.45, 7) is 6.93. The zero-order valence-electron chi connectivity index (χ0n) is 20.6. The van der Waals surface area contributed by atoms with Crippen molar-refractivity contribution in [2.24, 2.45) is 40.9 Å². The first kappa shape index (κ1) is 22.4. The van der Waals surface area contributed by atoms with Crippen LogP contribution < -0.4 is 0 Å². The summed E-state index contributed by atoms with van der Waals surface area (Å²) >= 11 is 0. The van der Waals surface area contributed by atoms with Crippen molar-refractivity contribution in [2.45, 2.75) is 90.2 Å². The monoisotopic (exact) mass is 437 g/mol. The molecule has 1 N–H and O–H groups in total. The first-order chi connectivity index (χ1) is 15.2. The predicted molar refractivity (Wildman–Crippen MR) is 129 cm³/mol. The lowest BCUT2D eigenvalue weighted by Gasteiger charge is -2.57. The highest BCUT2D eigenvalue weighted by atomic mass is 16.3. The van der Waals surface area contributed by atoms with E-state index in [1.165, 1.54) is 44.9 Å². The van der Waals surface area contributed by atoms with Crippen molar-refractivity contribution in [3.05, 3.63) is 35.9 Å². The van der Waals surface area contributed by atoms with Crippen LogP contribution in [0.2, 0.25) is 0 Å². The van der Waals surface area contributed by atoms with Gasteiger partial charge >= 0.3 is 0 Å². The molecule has 9 atom stereocenters. The maximum Gasteiger partial charge on any atom is 0.253 e. The summed E-state index contributed by atoms with van der Waals surface area (Å²) in [5, 5.41) is 10.6. The van der Waals surface area contributed by atoms with E-state index in [4.69, 9.17) is 0 Å². The van der Waals surface area contributed by atoms with Crippen molar-refractivity contribution in [2.75, 3.05) is 7.05 Å². The van der Waals surface area contributed by atoms with E-state index in [2.05, 4.69) is 20.8 Å². The highest BCUT2D eigenvalue weighted by Gasteiger charge is 2.58. The molecule has 4 aliphatic carbocycles. The van der Waals surface area contributed by atoms with Crippen LogP contribution in [0.5, 0.6) is 0 Å². The van der Waals surface area contributed by atoms with E-state index in [0.717, 1.165) is 48.0 Å². The average Bonchev–Trinajstić information content (AvgIpc) is 3.14. The van der Waals surface area contributed by atoms with Crippen molar-refractivity contribution in [1.29, 1.82) is 0 Å². The van der Waals surface area contributed by atoms with Gasteiger partial charge in [0.2, 0.25) is 0 Å². The Hall–Kier alpha value is -1.35. The topological polar surface area (TPSA) is 40.5 Å². The summed E-state index contributed by atoms with van der Waals surface area (Å²) < 4.78 is 0. The molecule has 4 aliphatic rings. The fraction of sp³-hybridized carbons (Fsp3) is 0.759. The van der Waals surface area contributed by atoms with Crippen LogP contribution in [-0.4, -0.2) is 34.6 Å². The maximum absolute atomic E-state index is 13.2. The Kier molecular flexibility index (Phi) is 5.72. The Labute approximate surface area is 195 Å². The Morgan fingerprint density at radius 2 is 1.69 bits per heavy atom. The summed E-state index contributed by atoms with van der Waals surface area (Å²) in [7, 11) is 2.02. The molecule has 1 unspecified atom stereocenters. The van der Waals surface area contributed by atoms with Gasteiger partial charge in [0.15, 0.2) is 0 Å². The molecule has 176 valence electrons. The molecule has 0 spiro atoms. The predicted octanol–water partition coefficient (Wildman–Crippen LogP) is 6.17. The smallest absolute Gasteiger partial charge is 0.253 e. The van der Waals surface area contributed by atoms with Crippen molar-refractivity contribution >= 4 is 5.91 Å². The molecule has 1 aromatic rings. The molecule has 3 nitrogen and oxygen atoms in total. The van der Waals surface area contributed by atoms with Gasteiger partial charge in [-0.15, -0.1) is 0 Å². The van der Waals surface area contributed by atoms with Crippen LogP contribution >= 0.6 is 0 Å². The molecular weight excluding hydrogens is 394 g/mol. The van der Waals surface area contributed by atoms with Gasteiger partial charge < -0.3 is 10.0 Å². The quantitative estimate of drug-likeness (QED) is 0.614. The van der Waals surface area contributed by atoms with E-state index < -0.39 is 5.60 Å². The van der Waals surface area contributed by atoms with Gasteiger partial charge in [-0.25, -0.2) is 0 Å². The van der Waals surface area contributed by atoms with Gasteiger partial charge in [0.25, 0.3) is 5.91 Å². The van der Waals surface area contributed by atoms with Gasteiger partial charge in [-0.3, -0.25) is 4.79 Å². The molecule has 1 aromatic carbocycles. The maximum atomic E-state index is 13.2.